The van der Waals surface area contributed by atoms with Gasteiger partial charge in [-0.3, -0.25) is 10.1 Å². The van der Waals surface area contributed by atoms with E-state index in [0.717, 1.165) is 11.3 Å². The summed E-state index contributed by atoms with van der Waals surface area (Å²) in [6.07, 6.45) is 0. The highest BCUT2D eigenvalue weighted by Gasteiger charge is 2.11. The third-order valence-corrected chi connectivity index (χ3v) is 3.12. The highest BCUT2D eigenvalue weighted by molar-refractivity contribution is 9.10. The van der Waals surface area contributed by atoms with Gasteiger partial charge < -0.3 is 5.32 Å². The third-order valence-electron chi connectivity index (χ3n) is 2.48. The van der Waals surface area contributed by atoms with Gasteiger partial charge in [-0.2, -0.15) is 0 Å². The van der Waals surface area contributed by atoms with Crippen molar-refractivity contribution in [2.45, 2.75) is 6.54 Å². The van der Waals surface area contributed by atoms with Crippen LogP contribution in [0.3, 0.4) is 0 Å². The Morgan fingerprint density at radius 3 is 2.50 bits per heavy atom. The van der Waals surface area contributed by atoms with Crippen LogP contribution in [-0.4, -0.2) is 4.92 Å². The summed E-state index contributed by atoms with van der Waals surface area (Å²) in [6, 6.07) is 14.8. The number of hydrogen-bond acceptors (Lipinski definition) is 3. The Labute approximate surface area is 113 Å². The molecule has 92 valence electrons. The van der Waals surface area contributed by atoms with Crippen molar-refractivity contribution in [1.29, 1.82) is 0 Å². The molecule has 0 radical (unpaired) electrons. The van der Waals surface area contributed by atoms with E-state index in [9.17, 15) is 10.1 Å². The van der Waals surface area contributed by atoms with Gasteiger partial charge in [0, 0.05) is 18.3 Å². The minimum Gasteiger partial charge on any atom is -0.381 e. The maximum Gasteiger partial charge on any atom is 0.283 e. The molecule has 0 aromatic heterocycles. The Hall–Kier alpha value is -1.88. The van der Waals surface area contributed by atoms with Crippen molar-refractivity contribution in [1.82, 2.24) is 0 Å². The first-order valence-corrected chi connectivity index (χ1v) is 6.18. The fourth-order valence-corrected chi connectivity index (χ4v) is 2.09. The minimum absolute atomic E-state index is 0.0697. The molecule has 0 unspecified atom stereocenters. The lowest BCUT2D eigenvalue weighted by Gasteiger charge is -2.07. The molecule has 0 aliphatic rings. The fourth-order valence-electron chi connectivity index (χ4n) is 1.56. The van der Waals surface area contributed by atoms with Crippen molar-refractivity contribution in [3.63, 3.8) is 0 Å². The van der Waals surface area contributed by atoms with Crippen LogP contribution in [0.1, 0.15) is 5.56 Å². The van der Waals surface area contributed by atoms with Gasteiger partial charge in [-0.1, -0.05) is 30.3 Å². The van der Waals surface area contributed by atoms with Crippen LogP contribution in [0.15, 0.2) is 53.0 Å². The maximum absolute atomic E-state index is 10.7. The highest BCUT2D eigenvalue weighted by atomic mass is 79.9. The molecule has 0 bridgehead atoms. The van der Waals surface area contributed by atoms with Crippen LogP contribution in [0.4, 0.5) is 11.4 Å². The molecule has 2 rings (SSSR count). The van der Waals surface area contributed by atoms with Gasteiger partial charge >= 0.3 is 0 Å². The summed E-state index contributed by atoms with van der Waals surface area (Å²) in [7, 11) is 0. The molecule has 1 N–H and O–H groups in total. The van der Waals surface area contributed by atoms with Gasteiger partial charge in [0.2, 0.25) is 0 Å². The zero-order valence-corrected chi connectivity index (χ0v) is 11.1. The van der Waals surface area contributed by atoms with Crippen LogP contribution < -0.4 is 5.32 Å². The Morgan fingerprint density at radius 2 is 1.89 bits per heavy atom. The molecule has 5 heteroatoms. The van der Waals surface area contributed by atoms with Crippen molar-refractivity contribution >= 4 is 27.3 Å². The molecular weight excluding hydrogens is 296 g/mol. The molecule has 2 aromatic carbocycles. The summed E-state index contributed by atoms with van der Waals surface area (Å²) in [5, 5.41) is 13.9. The summed E-state index contributed by atoms with van der Waals surface area (Å²) in [4.78, 5) is 10.3. The van der Waals surface area contributed by atoms with E-state index >= 15 is 0 Å². The first-order chi connectivity index (χ1) is 8.66. The quantitative estimate of drug-likeness (QED) is 0.687. The van der Waals surface area contributed by atoms with Gasteiger partial charge in [0.1, 0.15) is 0 Å². The van der Waals surface area contributed by atoms with Gasteiger partial charge in [-0.05, 0) is 33.6 Å². The molecule has 0 spiro atoms. The molecular formula is C13H11BrN2O2. The lowest BCUT2D eigenvalue weighted by molar-refractivity contribution is -0.385. The summed E-state index contributed by atoms with van der Waals surface area (Å²) in [6.45, 7) is 0.686. The highest BCUT2D eigenvalue weighted by Crippen LogP contribution is 2.27. The molecule has 0 fully saturated rings. The molecule has 0 atom stereocenters. The molecule has 0 aliphatic carbocycles. The summed E-state index contributed by atoms with van der Waals surface area (Å²) in [5.74, 6) is 0. The number of halogens is 1. The Balaban J connectivity index is 2.07. The maximum atomic E-state index is 10.7. The van der Waals surface area contributed by atoms with Crippen LogP contribution in [0.5, 0.6) is 0 Å². The molecule has 4 nitrogen and oxygen atoms in total. The smallest absolute Gasteiger partial charge is 0.283 e. The van der Waals surface area contributed by atoms with E-state index in [1.807, 2.05) is 30.3 Å². The minimum atomic E-state index is -0.412. The second kappa shape index (κ2) is 5.64. The van der Waals surface area contributed by atoms with Crippen molar-refractivity contribution in [3.8, 4) is 0 Å². The van der Waals surface area contributed by atoms with E-state index in [1.165, 1.54) is 6.07 Å². The second-order valence-electron chi connectivity index (χ2n) is 3.76. The summed E-state index contributed by atoms with van der Waals surface area (Å²) >= 11 is 3.19. The lowest BCUT2D eigenvalue weighted by atomic mass is 10.2. The van der Waals surface area contributed by atoms with E-state index in [2.05, 4.69) is 21.2 Å². The Kier molecular flexibility index (Phi) is 3.94. The van der Waals surface area contributed by atoms with Crippen LogP contribution >= 0.6 is 15.9 Å². The zero-order chi connectivity index (χ0) is 13.0. The van der Waals surface area contributed by atoms with Gasteiger partial charge in [-0.25, -0.2) is 0 Å². The standard InChI is InChI=1S/C13H11BrN2O2/c14-12-8-11(6-7-13(12)16(17)18)15-9-10-4-2-1-3-5-10/h1-8,15H,9H2. The average Bonchev–Trinajstić information content (AvgIpc) is 2.37. The van der Waals surface area contributed by atoms with Crippen molar-refractivity contribution < 1.29 is 4.92 Å². The fraction of sp³-hybridized carbons (Fsp3) is 0.0769. The predicted molar refractivity (Wildman–Crippen MR) is 74.6 cm³/mol. The first-order valence-electron chi connectivity index (χ1n) is 5.38. The molecule has 0 saturated heterocycles. The van der Waals surface area contributed by atoms with Crippen LogP contribution in [0.2, 0.25) is 0 Å². The molecule has 2 aromatic rings. The number of nitrogens with one attached hydrogen (secondary N) is 1. The Bertz CT molecular complexity index is 558. The van der Waals surface area contributed by atoms with Gasteiger partial charge in [0.05, 0.1) is 9.40 Å². The monoisotopic (exact) mass is 306 g/mol. The lowest BCUT2D eigenvalue weighted by Crippen LogP contribution is -1.99. The van der Waals surface area contributed by atoms with E-state index < -0.39 is 4.92 Å². The van der Waals surface area contributed by atoms with Crippen molar-refractivity contribution in [2.75, 3.05) is 5.32 Å². The predicted octanol–water partition coefficient (Wildman–Crippen LogP) is 3.97. The number of rotatable bonds is 4. The number of anilines is 1. The molecule has 0 heterocycles. The second-order valence-corrected chi connectivity index (χ2v) is 4.62. The van der Waals surface area contributed by atoms with Crippen molar-refractivity contribution in [2.24, 2.45) is 0 Å². The number of hydrogen-bond donors (Lipinski definition) is 1. The topological polar surface area (TPSA) is 55.2 Å². The number of benzene rings is 2. The van der Waals surface area contributed by atoms with Crippen LogP contribution in [0.25, 0.3) is 0 Å². The number of nitro benzene ring substituents is 1. The third kappa shape index (κ3) is 3.07. The van der Waals surface area contributed by atoms with Gasteiger partial charge in [0.15, 0.2) is 0 Å². The van der Waals surface area contributed by atoms with Crippen LogP contribution in [-0.2, 0) is 6.54 Å². The SMILES string of the molecule is O=[N+]([O-])c1ccc(NCc2ccccc2)cc1Br. The molecule has 0 aliphatic heterocycles. The Morgan fingerprint density at radius 1 is 1.17 bits per heavy atom. The van der Waals surface area contributed by atoms with E-state index in [4.69, 9.17) is 0 Å². The summed E-state index contributed by atoms with van der Waals surface area (Å²) in [5.41, 5.74) is 2.07. The molecule has 18 heavy (non-hydrogen) atoms. The molecule has 0 saturated carbocycles. The average molecular weight is 307 g/mol. The zero-order valence-electron chi connectivity index (χ0n) is 9.47. The summed E-state index contributed by atoms with van der Waals surface area (Å²) < 4.78 is 0.477. The van der Waals surface area contributed by atoms with Gasteiger partial charge in [-0.15, -0.1) is 0 Å². The van der Waals surface area contributed by atoms with E-state index in [-0.39, 0.29) is 5.69 Å². The number of nitrogens with zero attached hydrogens (tertiary/aromatic N) is 1. The first kappa shape index (κ1) is 12.6. The van der Waals surface area contributed by atoms with Crippen LogP contribution in [0, 0.1) is 10.1 Å². The number of nitro groups is 1. The van der Waals surface area contributed by atoms with E-state index in [1.54, 1.807) is 12.1 Å². The van der Waals surface area contributed by atoms with Crippen molar-refractivity contribution in [3.05, 3.63) is 68.7 Å². The van der Waals surface area contributed by atoms with E-state index in [0.29, 0.717) is 11.0 Å². The largest absolute Gasteiger partial charge is 0.381 e. The molecule has 0 amide bonds. The van der Waals surface area contributed by atoms with Gasteiger partial charge in [0.25, 0.3) is 5.69 Å². The normalized spacial score (nSPS) is 10.1.